The second-order valence-electron chi connectivity index (χ2n) is 5.10. The van der Waals surface area contributed by atoms with Crippen molar-refractivity contribution in [3.05, 3.63) is 42.2 Å². The summed E-state index contributed by atoms with van der Waals surface area (Å²) in [5, 5.41) is 11.7. The van der Waals surface area contributed by atoms with Gasteiger partial charge in [0.25, 0.3) is 5.91 Å². The molecule has 0 spiro atoms. The molecule has 0 saturated heterocycles. The topological polar surface area (TPSA) is 106 Å². The van der Waals surface area contributed by atoms with Crippen LogP contribution in [0.5, 0.6) is 5.75 Å². The van der Waals surface area contributed by atoms with Gasteiger partial charge in [-0.1, -0.05) is 5.92 Å². The number of rotatable bonds is 5. The lowest BCUT2D eigenvalue weighted by Gasteiger charge is -2.12. The third-order valence-electron chi connectivity index (χ3n) is 3.39. The summed E-state index contributed by atoms with van der Waals surface area (Å²) in [5.41, 5.74) is 7.27. The molecule has 2 aromatic heterocycles. The Kier molecular flexibility index (Phi) is 4.03. The van der Waals surface area contributed by atoms with E-state index in [1.807, 2.05) is 12.1 Å². The van der Waals surface area contributed by atoms with Crippen LogP contribution in [0.25, 0.3) is 11.0 Å². The van der Waals surface area contributed by atoms with Crippen LogP contribution in [0.1, 0.15) is 17.4 Å². The summed E-state index contributed by atoms with van der Waals surface area (Å²) in [4.78, 5) is 14.6. The zero-order valence-electron chi connectivity index (χ0n) is 12.9. The average Bonchev–Trinajstić information content (AvgIpc) is 3.05. The molecule has 0 radical (unpaired) electrons. The molecular weight excluding hydrogens is 306 g/mol. The Hall–Kier alpha value is -3.53. The summed E-state index contributed by atoms with van der Waals surface area (Å²) in [6, 6.07) is 8.97. The van der Waals surface area contributed by atoms with Crippen LogP contribution in [0, 0.1) is 12.3 Å². The first-order chi connectivity index (χ1) is 11.6. The third kappa shape index (κ3) is 2.98. The zero-order chi connectivity index (χ0) is 17.1. The van der Waals surface area contributed by atoms with E-state index < -0.39 is 5.91 Å². The van der Waals surface area contributed by atoms with Crippen molar-refractivity contribution < 1.29 is 9.53 Å². The van der Waals surface area contributed by atoms with Crippen molar-refractivity contribution in [3.63, 3.8) is 0 Å². The molecule has 2 heterocycles. The van der Waals surface area contributed by atoms with E-state index in [0.717, 1.165) is 11.1 Å². The highest BCUT2D eigenvalue weighted by molar-refractivity contribution is 6.05. The monoisotopic (exact) mass is 321 g/mol. The van der Waals surface area contributed by atoms with Gasteiger partial charge in [0.1, 0.15) is 5.75 Å². The van der Waals surface area contributed by atoms with Crippen LogP contribution < -0.4 is 15.8 Å². The number of carbonyl (C=O) groups excluding carboxylic acids is 1. The molecule has 1 atom stereocenters. The number of carbonyl (C=O) groups is 1. The molecular formula is C17H15N5O2. The fraction of sp³-hybridized carbons (Fsp3) is 0.118. The predicted molar refractivity (Wildman–Crippen MR) is 91.1 cm³/mol. The number of hydrogen-bond acceptors (Lipinski definition) is 5. The van der Waals surface area contributed by atoms with Gasteiger partial charge in [-0.2, -0.15) is 0 Å². The first kappa shape index (κ1) is 15.4. The third-order valence-corrected chi connectivity index (χ3v) is 3.39. The Bertz CT molecular complexity index is 924. The van der Waals surface area contributed by atoms with Crippen molar-refractivity contribution >= 4 is 28.3 Å². The summed E-state index contributed by atoms with van der Waals surface area (Å²) < 4.78 is 5.52. The van der Waals surface area contributed by atoms with Gasteiger partial charge in [0.15, 0.2) is 17.4 Å². The van der Waals surface area contributed by atoms with Crippen LogP contribution >= 0.6 is 0 Å². The molecule has 1 unspecified atom stereocenters. The van der Waals surface area contributed by atoms with Crippen LogP contribution in [0.15, 0.2) is 36.5 Å². The van der Waals surface area contributed by atoms with Gasteiger partial charge in [-0.25, -0.2) is 0 Å². The maximum absolute atomic E-state index is 11.6. The van der Waals surface area contributed by atoms with Gasteiger partial charge >= 0.3 is 0 Å². The second-order valence-corrected chi connectivity index (χ2v) is 5.10. The first-order valence-corrected chi connectivity index (χ1v) is 7.22. The van der Waals surface area contributed by atoms with E-state index in [1.165, 1.54) is 0 Å². The second kappa shape index (κ2) is 6.30. The van der Waals surface area contributed by atoms with E-state index in [-0.39, 0.29) is 11.8 Å². The van der Waals surface area contributed by atoms with Crippen molar-refractivity contribution in [2.45, 2.75) is 13.0 Å². The van der Waals surface area contributed by atoms with Gasteiger partial charge in [0.2, 0.25) is 0 Å². The van der Waals surface area contributed by atoms with Crippen molar-refractivity contribution in [1.29, 1.82) is 0 Å². The van der Waals surface area contributed by atoms with E-state index in [9.17, 15) is 4.79 Å². The fourth-order valence-corrected chi connectivity index (χ4v) is 2.22. The lowest BCUT2D eigenvalue weighted by molar-refractivity contribution is 0.0995. The molecule has 7 heteroatoms. The molecule has 1 aromatic carbocycles. The van der Waals surface area contributed by atoms with Crippen LogP contribution in [0.2, 0.25) is 0 Å². The maximum atomic E-state index is 11.6. The fourth-order valence-electron chi connectivity index (χ4n) is 2.22. The number of nitrogens with zero attached hydrogens (tertiary/aromatic N) is 2. The molecule has 0 aliphatic heterocycles. The number of amides is 1. The number of primary amides is 1. The highest BCUT2D eigenvalue weighted by Gasteiger charge is 2.16. The molecule has 0 fully saturated rings. The summed E-state index contributed by atoms with van der Waals surface area (Å²) >= 11 is 0. The molecule has 0 bridgehead atoms. The van der Waals surface area contributed by atoms with Crippen molar-refractivity contribution in [2.75, 3.05) is 5.32 Å². The standard InChI is InChI=1S/C17H15N5O2/c1-3-10(2)24-12-6-4-11(5-7-12)20-14-13-8-9-19-17(13)22-21-15(14)16(18)23/h1,4-10H,2H3,(H2,18,23)(H2,19,20,22). The van der Waals surface area contributed by atoms with Gasteiger partial charge < -0.3 is 20.8 Å². The van der Waals surface area contributed by atoms with Crippen LogP contribution in [0.3, 0.4) is 0 Å². The summed E-state index contributed by atoms with van der Waals surface area (Å²) in [6.45, 7) is 1.79. The van der Waals surface area contributed by atoms with Gasteiger partial charge in [0, 0.05) is 17.3 Å². The van der Waals surface area contributed by atoms with Crippen molar-refractivity contribution in [2.24, 2.45) is 5.73 Å². The van der Waals surface area contributed by atoms with Gasteiger partial charge in [-0.05, 0) is 37.3 Å². The molecule has 24 heavy (non-hydrogen) atoms. The number of nitrogens with two attached hydrogens (primary N) is 1. The Balaban J connectivity index is 1.92. The molecule has 3 aromatic rings. The number of H-pyrrole nitrogens is 1. The zero-order valence-corrected chi connectivity index (χ0v) is 12.9. The maximum Gasteiger partial charge on any atom is 0.271 e. The molecule has 0 saturated carbocycles. The van der Waals surface area contributed by atoms with E-state index >= 15 is 0 Å². The molecule has 0 aliphatic carbocycles. The minimum atomic E-state index is -0.657. The highest BCUT2D eigenvalue weighted by atomic mass is 16.5. The lowest BCUT2D eigenvalue weighted by atomic mass is 10.2. The smallest absolute Gasteiger partial charge is 0.271 e. The molecule has 120 valence electrons. The normalized spacial score (nSPS) is 11.7. The number of aromatic nitrogens is 3. The van der Waals surface area contributed by atoms with E-state index in [2.05, 4.69) is 26.4 Å². The molecule has 7 nitrogen and oxygen atoms in total. The van der Waals surface area contributed by atoms with Crippen molar-refractivity contribution in [1.82, 2.24) is 15.2 Å². The number of terminal acetylenes is 1. The summed E-state index contributed by atoms with van der Waals surface area (Å²) in [6.07, 6.45) is 6.70. The van der Waals surface area contributed by atoms with Gasteiger partial charge in [0.05, 0.1) is 5.69 Å². The largest absolute Gasteiger partial charge is 0.478 e. The molecule has 1 amide bonds. The number of aromatic amines is 1. The Morgan fingerprint density at radius 3 is 2.75 bits per heavy atom. The highest BCUT2D eigenvalue weighted by Crippen LogP contribution is 2.28. The average molecular weight is 321 g/mol. The molecule has 4 N–H and O–H groups in total. The SMILES string of the molecule is C#CC(C)Oc1ccc(Nc2c(C(N)=O)nnc3[nH]ccc23)cc1. The number of benzene rings is 1. The number of anilines is 2. The Labute approximate surface area is 138 Å². The van der Waals surface area contributed by atoms with Gasteiger partial charge in [-0.3, -0.25) is 4.79 Å². The van der Waals surface area contributed by atoms with Crippen LogP contribution in [-0.2, 0) is 0 Å². The van der Waals surface area contributed by atoms with Crippen molar-refractivity contribution in [3.8, 4) is 18.1 Å². The molecule has 3 rings (SSSR count). The van der Waals surface area contributed by atoms with E-state index in [0.29, 0.717) is 17.1 Å². The molecule has 0 aliphatic rings. The van der Waals surface area contributed by atoms with E-state index in [1.54, 1.807) is 31.3 Å². The number of nitrogens with one attached hydrogen (secondary N) is 2. The quantitative estimate of drug-likeness (QED) is 0.625. The minimum absolute atomic E-state index is 0.0726. The predicted octanol–water partition coefficient (Wildman–Crippen LogP) is 2.20. The number of ether oxygens (including phenoxy) is 1. The minimum Gasteiger partial charge on any atom is -0.478 e. The van der Waals surface area contributed by atoms with Gasteiger partial charge in [-0.15, -0.1) is 16.6 Å². The van der Waals surface area contributed by atoms with E-state index in [4.69, 9.17) is 16.9 Å². The Morgan fingerprint density at radius 1 is 1.33 bits per heavy atom. The van der Waals surface area contributed by atoms with Crippen LogP contribution in [0.4, 0.5) is 11.4 Å². The number of fused-ring (bicyclic) bond motifs is 1. The number of hydrogen-bond donors (Lipinski definition) is 3. The van der Waals surface area contributed by atoms with Crippen LogP contribution in [-0.4, -0.2) is 27.2 Å². The summed E-state index contributed by atoms with van der Waals surface area (Å²) in [5.74, 6) is 2.49. The first-order valence-electron chi connectivity index (χ1n) is 7.22. The summed E-state index contributed by atoms with van der Waals surface area (Å²) in [7, 11) is 0. The Morgan fingerprint density at radius 2 is 2.08 bits per heavy atom. The lowest BCUT2D eigenvalue weighted by Crippen LogP contribution is -2.16.